The number of benzene rings is 5. The third-order valence-electron chi connectivity index (χ3n) is 11.5. The summed E-state index contributed by atoms with van der Waals surface area (Å²) in [7, 11) is 0. The van der Waals surface area contributed by atoms with Gasteiger partial charge in [-0.05, 0) is 109 Å². The molecule has 8 rings (SSSR count). The van der Waals surface area contributed by atoms with E-state index in [1.165, 1.54) is 50.0 Å². The van der Waals surface area contributed by atoms with E-state index in [4.69, 9.17) is 9.97 Å². The number of nitrogens with zero attached hydrogens (tertiary/aromatic N) is 5. The molecule has 0 atom stereocenters. The van der Waals surface area contributed by atoms with E-state index in [0.717, 1.165) is 28.3 Å². The minimum absolute atomic E-state index is 0.0145. The van der Waals surface area contributed by atoms with Gasteiger partial charge in [-0.3, -0.25) is 0 Å². The third-order valence-corrected chi connectivity index (χ3v) is 11.5. The molecule has 0 aliphatic carbocycles. The van der Waals surface area contributed by atoms with Crippen LogP contribution in [0.2, 0.25) is 0 Å². The summed E-state index contributed by atoms with van der Waals surface area (Å²) in [6, 6.07) is 37.4. The number of hydrogen-bond acceptors (Lipinski definition) is 5. The van der Waals surface area contributed by atoms with Gasteiger partial charge in [-0.15, -0.1) is 0 Å². The lowest BCUT2D eigenvalue weighted by atomic mass is 9.33. The molecule has 0 bridgehead atoms. The lowest BCUT2D eigenvalue weighted by molar-refractivity contribution is 0.590. The van der Waals surface area contributed by atoms with Crippen molar-refractivity contribution in [3.05, 3.63) is 132 Å². The van der Waals surface area contributed by atoms with Crippen LogP contribution in [0.1, 0.15) is 105 Å². The van der Waals surface area contributed by atoms with E-state index in [1.807, 2.05) is 0 Å². The fraction of sp³-hybridized carbons (Fsp3) is 0.327. The van der Waals surface area contributed by atoms with Crippen LogP contribution in [0.3, 0.4) is 0 Å². The van der Waals surface area contributed by atoms with Crippen molar-refractivity contribution in [2.75, 3.05) is 9.80 Å². The van der Waals surface area contributed by atoms with E-state index < -0.39 is 0 Å². The highest BCUT2D eigenvalue weighted by atomic mass is 15.2. The number of fused-ring (bicyclic) bond motifs is 4. The number of aromatic nitrogens is 3. The molecule has 6 aromatic rings. The SMILES string of the molecule is CC(C)(C)c1ccc(N2c3cc(C(C)(C)C)ccc3B3c4ccc(C(C)(C)C)cc4N(c4ccc(C(C)(C)C)cc4)c4cc(-c5ncncn5)cc2c43)cc1. The molecule has 3 heterocycles. The maximum Gasteiger partial charge on any atom is 0.252 e. The van der Waals surface area contributed by atoms with Gasteiger partial charge in [-0.2, -0.15) is 0 Å². The van der Waals surface area contributed by atoms with Crippen LogP contribution in [0.5, 0.6) is 0 Å². The Hall–Kier alpha value is -5.23. The molecular formula is C49H54BN5. The molecule has 55 heavy (non-hydrogen) atoms. The normalized spacial score (nSPS) is 14.1. The first kappa shape index (κ1) is 36.7. The summed E-state index contributed by atoms with van der Waals surface area (Å²) in [5, 5.41) is 0. The predicted molar refractivity (Wildman–Crippen MR) is 234 cm³/mol. The fourth-order valence-corrected chi connectivity index (χ4v) is 8.22. The number of rotatable bonds is 3. The van der Waals surface area contributed by atoms with Gasteiger partial charge in [0.15, 0.2) is 5.82 Å². The van der Waals surface area contributed by atoms with Gasteiger partial charge in [-0.1, -0.05) is 132 Å². The van der Waals surface area contributed by atoms with Gasteiger partial charge in [0.05, 0.1) is 0 Å². The fourth-order valence-electron chi connectivity index (χ4n) is 8.22. The van der Waals surface area contributed by atoms with E-state index in [2.05, 4.69) is 195 Å². The quantitative estimate of drug-likeness (QED) is 0.170. The van der Waals surface area contributed by atoms with Crippen molar-refractivity contribution in [3.8, 4) is 11.4 Å². The minimum atomic E-state index is -0.0307. The van der Waals surface area contributed by atoms with Crippen LogP contribution >= 0.6 is 0 Å². The second-order valence-corrected chi connectivity index (χ2v) is 19.6. The van der Waals surface area contributed by atoms with Crippen LogP contribution in [0, 0.1) is 0 Å². The van der Waals surface area contributed by atoms with Crippen molar-refractivity contribution < 1.29 is 0 Å². The molecule has 1 aromatic heterocycles. The summed E-state index contributed by atoms with van der Waals surface area (Å²) < 4.78 is 0. The Morgan fingerprint density at radius 3 is 1.15 bits per heavy atom. The molecule has 0 saturated heterocycles. The monoisotopic (exact) mass is 723 g/mol. The molecule has 0 N–H and O–H groups in total. The summed E-state index contributed by atoms with van der Waals surface area (Å²) >= 11 is 0. The Kier molecular flexibility index (Phi) is 8.46. The Balaban J connectivity index is 1.49. The molecule has 5 nitrogen and oxygen atoms in total. The van der Waals surface area contributed by atoms with E-state index in [1.54, 1.807) is 12.7 Å². The first-order valence-electron chi connectivity index (χ1n) is 19.7. The second kappa shape index (κ2) is 12.7. The zero-order valence-corrected chi connectivity index (χ0v) is 34.7. The second-order valence-electron chi connectivity index (χ2n) is 19.6. The maximum absolute atomic E-state index is 4.71. The molecule has 5 aromatic carbocycles. The van der Waals surface area contributed by atoms with Crippen molar-refractivity contribution in [3.63, 3.8) is 0 Å². The van der Waals surface area contributed by atoms with E-state index in [-0.39, 0.29) is 28.4 Å². The molecule has 0 spiro atoms. The Labute approximate surface area is 329 Å². The maximum atomic E-state index is 4.71. The van der Waals surface area contributed by atoms with Gasteiger partial charge in [0, 0.05) is 39.7 Å². The molecule has 0 radical (unpaired) electrons. The highest BCUT2D eigenvalue weighted by Gasteiger charge is 2.44. The van der Waals surface area contributed by atoms with Crippen molar-refractivity contribution in [2.45, 2.75) is 105 Å². The van der Waals surface area contributed by atoms with Crippen molar-refractivity contribution in [1.82, 2.24) is 15.0 Å². The molecule has 0 fully saturated rings. The van der Waals surface area contributed by atoms with Gasteiger partial charge in [-0.25, -0.2) is 15.0 Å². The minimum Gasteiger partial charge on any atom is -0.311 e. The van der Waals surface area contributed by atoms with Crippen LogP contribution in [-0.2, 0) is 21.7 Å². The predicted octanol–water partition coefficient (Wildman–Crippen LogP) is 10.8. The molecule has 6 heteroatoms. The molecule has 278 valence electrons. The third kappa shape index (κ3) is 6.44. The topological polar surface area (TPSA) is 45.2 Å². The summed E-state index contributed by atoms with van der Waals surface area (Å²) in [4.78, 5) is 18.6. The molecule has 0 saturated carbocycles. The Morgan fingerprint density at radius 1 is 0.418 bits per heavy atom. The molecular weight excluding hydrogens is 669 g/mol. The summed E-state index contributed by atoms with van der Waals surface area (Å²) in [5.41, 5.74) is 17.1. The highest BCUT2D eigenvalue weighted by molar-refractivity contribution is 7.00. The number of hydrogen-bond donors (Lipinski definition) is 0. The highest BCUT2D eigenvalue weighted by Crippen LogP contribution is 2.47. The zero-order valence-electron chi connectivity index (χ0n) is 34.7. The summed E-state index contributed by atoms with van der Waals surface area (Å²) in [5.74, 6) is 0.653. The van der Waals surface area contributed by atoms with Gasteiger partial charge in [0.2, 0.25) is 0 Å². The van der Waals surface area contributed by atoms with Crippen molar-refractivity contribution >= 4 is 57.2 Å². The first-order valence-corrected chi connectivity index (χ1v) is 19.7. The first-order chi connectivity index (χ1) is 25.8. The smallest absolute Gasteiger partial charge is 0.252 e. The Morgan fingerprint density at radius 2 is 0.782 bits per heavy atom. The van der Waals surface area contributed by atoms with Crippen LogP contribution in [0.4, 0.5) is 34.1 Å². The Bertz CT molecular complexity index is 2260. The van der Waals surface area contributed by atoms with Crippen LogP contribution < -0.4 is 26.2 Å². The van der Waals surface area contributed by atoms with Gasteiger partial charge < -0.3 is 9.80 Å². The number of anilines is 6. The average Bonchev–Trinajstić information content (AvgIpc) is 3.13. The summed E-state index contributed by atoms with van der Waals surface area (Å²) in [6.07, 6.45) is 3.19. The largest absolute Gasteiger partial charge is 0.311 e. The molecule has 2 aliphatic rings. The van der Waals surface area contributed by atoms with Gasteiger partial charge >= 0.3 is 0 Å². The van der Waals surface area contributed by atoms with Crippen molar-refractivity contribution in [2.24, 2.45) is 0 Å². The molecule has 0 unspecified atom stereocenters. The van der Waals surface area contributed by atoms with E-state index >= 15 is 0 Å². The lowest BCUT2D eigenvalue weighted by Crippen LogP contribution is -2.61. The lowest BCUT2D eigenvalue weighted by Gasteiger charge is -2.45. The van der Waals surface area contributed by atoms with E-state index in [0.29, 0.717) is 5.82 Å². The summed E-state index contributed by atoms with van der Waals surface area (Å²) in [6.45, 7) is 27.5. The van der Waals surface area contributed by atoms with Gasteiger partial charge in [0.1, 0.15) is 12.7 Å². The standard InChI is InChI=1S/C49H54BN5/c1-46(2,3)32-13-19-36(20-14-32)54-40-27-34(48(7,8)9)17-23-38(40)50-39-24-18-35(49(10,11)12)28-41(39)55(37-21-15-33(16-22-37)47(4,5)6)43-26-31(25-42(54)44(43)50)45-52-29-51-30-53-45/h13-30H,1-12H3. The van der Waals surface area contributed by atoms with E-state index in [9.17, 15) is 0 Å². The molecule has 0 amide bonds. The zero-order chi connectivity index (χ0) is 39.2. The average molecular weight is 724 g/mol. The van der Waals surface area contributed by atoms with Crippen LogP contribution in [0.15, 0.2) is 110 Å². The van der Waals surface area contributed by atoms with Crippen LogP contribution in [0.25, 0.3) is 11.4 Å². The molecule has 2 aliphatic heterocycles. The van der Waals surface area contributed by atoms with Crippen molar-refractivity contribution in [1.29, 1.82) is 0 Å². The van der Waals surface area contributed by atoms with Gasteiger partial charge in [0.25, 0.3) is 6.71 Å². The van der Waals surface area contributed by atoms with Crippen LogP contribution in [-0.4, -0.2) is 21.7 Å².